The van der Waals surface area contributed by atoms with Gasteiger partial charge < -0.3 is 19.7 Å². The highest BCUT2D eigenvalue weighted by atomic mass is 35.5. The summed E-state index contributed by atoms with van der Waals surface area (Å²) in [6.07, 6.45) is 1.66. The predicted molar refractivity (Wildman–Crippen MR) is 124 cm³/mol. The molecule has 2 aromatic carbocycles. The Hall–Kier alpha value is -3.50. The molecule has 32 heavy (non-hydrogen) atoms. The van der Waals surface area contributed by atoms with Crippen LogP contribution in [0.25, 0.3) is 0 Å². The maximum absolute atomic E-state index is 13.2. The zero-order valence-electron chi connectivity index (χ0n) is 17.4. The number of halogens is 2. The van der Waals surface area contributed by atoms with E-state index < -0.39 is 0 Å². The van der Waals surface area contributed by atoms with Gasteiger partial charge in [-0.25, -0.2) is 9.82 Å². The molecule has 11 heteroatoms. The van der Waals surface area contributed by atoms with E-state index >= 15 is 0 Å². The summed E-state index contributed by atoms with van der Waals surface area (Å²) in [5, 5.41) is 7.30. The lowest BCUT2D eigenvalue weighted by molar-refractivity contribution is 0.122. The van der Waals surface area contributed by atoms with Crippen molar-refractivity contribution in [2.24, 2.45) is 5.10 Å². The van der Waals surface area contributed by atoms with E-state index in [2.05, 4.69) is 30.8 Å². The van der Waals surface area contributed by atoms with Crippen LogP contribution in [0.4, 0.5) is 27.9 Å². The van der Waals surface area contributed by atoms with Crippen LogP contribution in [-0.2, 0) is 4.74 Å². The van der Waals surface area contributed by atoms with E-state index in [9.17, 15) is 4.39 Å². The first-order valence-electron chi connectivity index (χ1n) is 9.74. The number of nitrogens with zero attached hydrogens (tertiary/aromatic N) is 5. The van der Waals surface area contributed by atoms with Crippen LogP contribution in [0.5, 0.6) is 5.75 Å². The highest BCUT2D eigenvalue weighted by molar-refractivity contribution is 5.85. The van der Waals surface area contributed by atoms with Crippen LogP contribution in [0.2, 0.25) is 0 Å². The van der Waals surface area contributed by atoms with E-state index in [4.69, 9.17) is 9.47 Å². The standard InChI is InChI=1S/C21H22FN7O2.ClH/c1-30-18-8-2-15(3-9-18)14-23-28-20-25-19(24-17-6-4-16(22)5-7-17)26-21(27-20)29-10-12-31-13-11-29;/h2-9,14H,10-13H2,1H3,(H2,24,25,26,27,28);1H. The van der Waals surface area contributed by atoms with Gasteiger partial charge in [-0.1, -0.05) is 0 Å². The van der Waals surface area contributed by atoms with Crippen LogP contribution in [0.3, 0.4) is 0 Å². The lowest BCUT2D eigenvalue weighted by Crippen LogP contribution is -2.37. The fourth-order valence-electron chi connectivity index (χ4n) is 2.89. The van der Waals surface area contributed by atoms with Crippen LogP contribution in [0.15, 0.2) is 53.6 Å². The Bertz CT molecular complexity index is 1030. The second kappa shape index (κ2) is 11.2. The minimum absolute atomic E-state index is 0. The van der Waals surface area contributed by atoms with Crippen LogP contribution in [0, 0.1) is 5.82 Å². The average Bonchev–Trinajstić information content (AvgIpc) is 2.81. The molecule has 1 fully saturated rings. The topological polar surface area (TPSA) is 96.8 Å². The van der Waals surface area contributed by atoms with Crippen molar-refractivity contribution in [3.8, 4) is 5.75 Å². The molecule has 168 valence electrons. The summed E-state index contributed by atoms with van der Waals surface area (Å²) in [4.78, 5) is 15.4. The molecular weight excluding hydrogens is 437 g/mol. The summed E-state index contributed by atoms with van der Waals surface area (Å²) in [7, 11) is 1.62. The zero-order chi connectivity index (χ0) is 21.5. The molecule has 3 aromatic rings. The van der Waals surface area contributed by atoms with Crippen molar-refractivity contribution < 1.29 is 13.9 Å². The lowest BCUT2D eigenvalue weighted by Gasteiger charge is -2.27. The number of benzene rings is 2. The molecule has 0 aliphatic carbocycles. The molecule has 0 atom stereocenters. The maximum Gasteiger partial charge on any atom is 0.250 e. The third-order valence-electron chi connectivity index (χ3n) is 4.51. The fraction of sp³-hybridized carbons (Fsp3) is 0.238. The van der Waals surface area contributed by atoms with Crippen LogP contribution in [-0.4, -0.2) is 54.6 Å². The molecule has 0 amide bonds. The van der Waals surface area contributed by atoms with E-state index in [0.717, 1.165) is 11.3 Å². The molecule has 4 rings (SSSR count). The van der Waals surface area contributed by atoms with E-state index in [0.29, 0.717) is 43.9 Å². The Morgan fingerprint density at radius 3 is 2.38 bits per heavy atom. The van der Waals surface area contributed by atoms with E-state index in [1.807, 2.05) is 29.2 Å². The van der Waals surface area contributed by atoms with Crippen LogP contribution in [0.1, 0.15) is 5.56 Å². The quantitative estimate of drug-likeness (QED) is 0.409. The molecule has 9 nitrogen and oxygen atoms in total. The third-order valence-corrected chi connectivity index (χ3v) is 4.51. The molecule has 0 saturated carbocycles. The van der Waals surface area contributed by atoms with E-state index in [1.54, 1.807) is 25.5 Å². The van der Waals surface area contributed by atoms with Crippen molar-refractivity contribution in [1.82, 2.24) is 15.0 Å². The van der Waals surface area contributed by atoms with Gasteiger partial charge in [0, 0.05) is 18.8 Å². The fourth-order valence-corrected chi connectivity index (χ4v) is 2.89. The number of nitrogens with one attached hydrogen (secondary N) is 2. The molecule has 0 bridgehead atoms. The molecule has 1 aliphatic heterocycles. The van der Waals surface area contributed by atoms with E-state index in [1.165, 1.54) is 12.1 Å². The number of ether oxygens (including phenoxy) is 2. The van der Waals surface area contributed by atoms with Gasteiger partial charge in [-0.15, -0.1) is 12.4 Å². The summed E-state index contributed by atoms with van der Waals surface area (Å²) in [6, 6.07) is 13.4. The second-order valence-electron chi connectivity index (χ2n) is 6.66. The van der Waals surface area contributed by atoms with Crippen molar-refractivity contribution in [3.05, 3.63) is 59.9 Å². The number of hydrogen-bond acceptors (Lipinski definition) is 9. The minimum Gasteiger partial charge on any atom is -0.497 e. The first-order valence-corrected chi connectivity index (χ1v) is 9.74. The summed E-state index contributed by atoms with van der Waals surface area (Å²) < 4.78 is 23.8. The highest BCUT2D eigenvalue weighted by Crippen LogP contribution is 2.19. The molecule has 2 heterocycles. The average molecular weight is 460 g/mol. The lowest BCUT2D eigenvalue weighted by atomic mass is 10.2. The SMILES string of the molecule is COc1ccc(C=NNc2nc(Nc3ccc(F)cc3)nc(N3CCOCC3)n2)cc1.Cl. The number of aromatic nitrogens is 3. The van der Waals surface area contributed by atoms with Gasteiger partial charge in [0.25, 0.3) is 0 Å². The van der Waals surface area contributed by atoms with Crippen molar-refractivity contribution in [2.45, 2.75) is 0 Å². The predicted octanol–water partition coefficient (Wildman–Crippen LogP) is 3.47. The van der Waals surface area contributed by atoms with Crippen molar-refractivity contribution >= 4 is 42.2 Å². The number of hydrogen-bond donors (Lipinski definition) is 2. The number of anilines is 4. The zero-order valence-corrected chi connectivity index (χ0v) is 18.2. The number of hydrazone groups is 1. The Morgan fingerprint density at radius 1 is 1.00 bits per heavy atom. The Kier molecular flexibility index (Phi) is 8.12. The van der Waals surface area contributed by atoms with E-state index in [-0.39, 0.29) is 24.2 Å². The molecule has 1 saturated heterocycles. The Labute approximate surface area is 191 Å². The summed E-state index contributed by atoms with van der Waals surface area (Å²) in [5.41, 5.74) is 4.40. The number of rotatable bonds is 7. The smallest absolute Gasteiger partial charge is 0.250 e. The Balaban J connectivity index is 0.00000289. The minimum atomic E-state index is -0.314. The molecular formula is C21H23ClFN7O2. The highest BCUT2D eigenvalue weighted by Gasteiger charge is 2.16. The van der Waals surface area contributed by atoms with Crippen molar-refractivity contribution in [2.75, 3.05) is 49.1 Å². The van der Waals surface area contributed by atoms with Gasteiger partial charge in [0.05, 0.1) is 26.5 Å². The summed E-state index contributed by atoms with van der Waals surface area (Å²) >= 11 is 0. The van der Waals surface area contributed by atoms with Gasteiger partial charge in [-0.2, -0.15) is 20.1 Å². The number of methoxy groups -OCH3 is 1. The first kappa shape index (κ1) is 23.2. The van der Waals surface area contributed by atoms with Crippen molar-refractivity contribution in [1.29, 1.82) is 0 Å². The second-order valence-corrected chi connectivity index (χ2v) is 6.66. The van der Waals surface area contributed by atoms with Gasteiger partial charge in [0.2, 0.25) is 17.8 Å². The van der Waals surface area contributed by atoms with Gasteiger partial charge >= 0.3 is 0 Å². The van der Waals surface area contributed by atoms with Gasteiger partial charge in [-0.3, -0.25) is 0 Å². The normalized spacial score (nSPS) is 13.5. The molecule has 0 unspecified atom stereocenters. The van der Waals surface area contributed by atoms with Crippen LogP contribution < -0.4 is 20.4 Å². The molecule has 0 radical (unpaired) electrons. The molecule has 2 N–H and O–H groups in total. The van der Waals surface area contributed by atoms with Gasteiger partial charge in [-0.05, 0) is 54.1 Å². The first-order chi connectivity index (χ1) is 15.2. The largest absolute Gasteiger partial charge is 0.497 e. The third kappa shape index (κ3) is 6.25. The summed E-state index contributed by atoms with van der Waals surface area (Å²) in [5.74, 6) is 1.57. The number of morpholine rings is 1. The summed E-state index contributed by atoms with van der Waals surface area (Å²) in [6.45, 7) is 2.55. The molecule has 1 aromatic heterocycles. The Morgan fingerprint density at radius 2 is 1.69 bits per heavy atom. The van der Waals surface area contributed by atoms with Gasteiger partial charge in [0.15, 0.2) is 0 Å². The van der Waals surface area contributed by atoms with Crippen LogP contribution >= 0.6 is 12.4 Å². The molecule has 0 spiro atoms. The van der Waals surface area contributed by atoms with Crippen molar-refractivity contribution in [3.63, 3.8) is 0 Å². The monoisotopic (exact) mass is 459 g/mol. The molecule has 1 aliphatic rings. The van der Waals surface area contributed by atoms with Gasteiger partial charge in [0.1, 0.15) is 11.6 Å². The maximum atomic E-state index is 13.2.